The summed E-state index contributed by atoms with van der Waals surface area (Å²) in [6.07, 6.45) is 3.42. The van der Waals surface area contributed by atoms with Gasteiger partial charge in [-0.1, -0.05) is 48.0 Å². The third-order valence-electron chi connectivity index (χ3n) is 4.25. The van der Waals surface area contributed by atoms with Gasteiger partial charge < -0.3 is 5.32 Å². The molecule has 0 spiro atoms. The van der Waals surface area contributed by atoms with Crippen molar-refractivity contribution in [1.82, 2.24) is 14.8 Å². The number of carbonyl (C=O) groups is 1. The van der Waals surface area contributed by atoms with Crippen LogP contribution in [-0.2, 0) is 6.54 Å². The van der Waals surface area contributed by atoms with Crippen LogP contribution < -0.4 is 5.32 Å². The van der Waals surface area contributed by atoms with E-state index in [4.69, 9.17) is 11.6 Å². The van der Waals surface area contributed by atoms with Crippen LogP contribution in [0.25, 0.3) is 11.3 Å². The molecule has 0 bridgehead atoms. The largest absolute Gasteiger partial charge is 0.366 e. The zero-order chi connectivity index (χ0) is 19.3. The molecule has 0 saturated carbocycles. The number of benzene rings is 2. The molecule has 5 nitrogen and oxygen atoms in total. The minimum absolute atomic E-state index is 0.256. The summed E-state index contributed by atoms with van der Waals surface area (Å²) in [5.41, 5.74) is 3.08. The number of nitrogens with zero attached hydrogens (tertiary/aromatic N) is 3. The van der Waals surface area contributed by atoms with Crippen molar-refractivity contribution in [3.8, 4) is 11.3 Å². The highest BCUT2D eigenvalue weighted by Crippen LogP contribution is 2.23. The molecule has 2 aromatic carbocycles. The molecular formula is C22H17ClN4O. The van der Waals surface area contributed by atoms with Crippen molar-refractivity contribution in [1.29, 1.82) is 0 Å². The van der Waals surface area contributed by atoms with Crippen molar-refractivity contribution < 1.29 is 4.79 Å². The van der Waals surface area contributed by atoms with Crippen LogP contribution in [0, 0.1) is 0 Å². The zero-order valence-electron chi connectivity index (χ0n) is 14.9. The van der Waals surface area contributed by atoms with E-state index in [1.165, 1.54) is 4.68 Å². The Morgan fingerprint density at radius 1 is 1.00 bits per heavy atom. The fourth-order valence-corrected chi connectivity index (χ4v) is 3.04. The molecule has 0 radical (unpaired) electrons. The van der Waals surface area contributed by atoms with Gasteiger partial charge in [0, 0.05) is 41.2 Å². The predicted octanol–water partition coefficient (Wildman–Crippen LogP) is 4.90. The summed E-state index contributed by atoms with van der Waals surface area (Å²) in [5.74, 6) is 0.348. The summed E-state index contributed by atoms with van der Waals surface area (Å²) in [6, 6.07) is 22.4. The lowest BCUT2D eigenvalue weighted by Crippen LogP contribution is -2.17. The molecule has 4 rings (SSSR count). The lowest BCUT2D eigenvalue weighted by atomic mass is 10.2. The van der Waals surface area contributed by atoms with Crippen molar-refractivity contribution in [2.75, 3.05) is 5.32 Å². The topological polar surface area (TPSA) is 59.8 Å². The van der Waals surface area contributed by atoms with E-state index in [1.807, 2.05) is 48.5 Å². The minimum atomic E-state index is -0.256. The zero-order valence-corrected chi connectivity index (χ0v) is 15.7. The number of pyridine rings is 1. The van der Waals surface area contributed by atoms with Gasteiger partial charge in [0.1, 0.15) is 5.82 Å². The van der Waals surface area contributed by atoms with Crippen LogP contribution >= 0.6 is 11.6 Å². The molecule has 138 valence electrons. The second kappa shape index (κ2) is 8.06. The first-order chi connectivity index (χ1) is 13.7. The van der Waals surface area contributed by atoms with Gasteiger partial charge in [0.2, 0.25) is 0 Å². The van der Waals surface area contributed by atoms with Crippen molar-refractivity contribution in [2.24, 2.45) is 0 Å². The van der Waals surface area contributed by atoms with Gasteiger partial charge >= 0.3 is 0 Å². The molecule has 2 aromatic heterocycles. The van der Waals surface area contributed by atoms with E-state index in [2.05, 4.69) is 15.4 Å². The van der Waals surface area contributed by atoms with Crippen LogP contribution in [0.5, 0.6) is 0 Å². The Bertz CT molecular complexity index is 1090. The average molecular weight is 389 g/mol. The number of rotatable bonds is 5. The summed E-state index contributed by atoms with van der Waals surface area (Å²) in [4.78, 5) is 17.2. The van der Waals surface area contributed by atoms with Crippen LogP contribution in [0.4, 0.5) is 5.82 Å². The Hall–Kier alpha value is -3.44. The smallest absolute Gasteiger partial charge is 0.280 e. The molecule has 0 unspecified atom stereocenters. The number of aromatic nitrogens is 3. The number of hydrogen-bond donors (Lipinski definition) is 1. The Morgan fingerprint density at radius 3 is 2.61 bits per heavy atom. The van der Waals surface area contributed by atoms with Crippen LogP contribution in [0.15, 0.2) is 85.2 Å². The lowest BCUT2D eigenvalue weighted by molar-refractivity contribution is 0.0948. The van der Waals surface area contributed by atoms with Gasteiger partial charge in [-0.25, -0.2) is 0 Å². The Morgan fingerprint density at radius 2 is 1.86 bits per heavy atom. The Kier molecular flexibility index (Phi) is 5.17. The summed E-state index contributed by atoms with van der Waals surface area (Å²) >= 11 is 6.05. The van der Waals surface area contributed by atoms with Crippen molar-refractivity contribution in [3.05, 3.63) is 101 Å². The molecule has 6 heteroatoms. The average Bonchev–Trinajstić information content (AvgIpc) is 3.17. The second-order valence-corrected chi connectivity index (χ2v) is 6.66. The highest BCUT2D eigenvalue weighted by molar-refractivity contribution is 6.31. The highest BCUT2D eigenvalue weighted by atomic mass is 35.5. The van der Waals surface area contributed by atoms with Crippen molar-refractivity contribution in [2.45, 2.75) is 6.54 Å². The molecule has 0 aliphatic heterocycles. The molecule has 28 heavy (non-hydrogen) atoms. The van der Waals surface area contributed by atoms with E-state index in [0.29, 0.717) is 28.6 Å². The summed E-state index contributed by atoms with van der Waals surface area (Å²) < 4.78 is 1.37. The standard InChI is InChI=1S/C22H17ClN4O/c23-19-10-4-8-17(12-19)22(28)27-21(25-14-16-6-2-1-3-7-16)13-20(26-27)18-9-5-11-24-15-18/h1-13,15,25H,14H2. The third-order valence-corrected chi connectivity index (χ3v) is 4.48. The first-order valence-electron chi connectivity index (χ1n) is 8.79. The molecule has 0 aliphatic carbocycles. The quantitative estimate of drug-likeness (QED) is 0.528. The van der Waals surface area contributed by atoms with Gasteiger partial charge in [0.25, 0.3) is 5.91 Å². The fraction of sp³-hybridized carbons (Fsp3) is 0.0455. The summed E-state index contributed by atoms with van der Waals surface area (Å²) in [7, 11) is 0. The maximum Gasteiger partial charge on any atom is 0.280 e. The molecule has 0 amide bonds. The number of nitrogens with one attached hydrogen (secondary N) is 1. The maximum atomic E-state index is 13.1. The van der Waals surface area contributed by atoms with Crippen molar-refractivity contribution in [3.63, 3.8) is 0 Å². The van der Waals surface area contributed by atoms with Crippen LogP contribution in [0.2, 0.25) is 5.02 Å². The van der Waals surface area contributed by atoms with E-state index in [0.717, 1.165) is 11.1 Å². The van der Waals surface area contributed by atoms with E-state index < -0.39 is 0 Å². The fourth-order valence-electron chi connectivity index (χ4n) is 2.85. The van der Waals surface area contributed by atoms with Crippen LogP contribution in [0.1, 0.15) is 15.9 Å². The molecular weight excluding hydrogens is 372 g/mol. The van der Waals surface area contributed by atoms with Crippen LogP contribution in [-0.4, -0.2) is 20.7 Å². The number of hydrogen-bond acceptors (Lipinski definition) is 4. The van der Waals surface area contributed by atoms with E-state index in [9.17, 15) is 4.79 Å². The Labute approximate surface area is 167 Å². The molecule has 1 N–H and O–H groups in total. The number of anilines is 1. The van der Waals surface area contributed by atoms with Gasteiger partial charge in [-0.15, -0.1) is 0 Å². The maximum absolute atomic E-state index is 13.1. The van der Waals surface area contributed by atoms with Gasteiger partial charge in [0.05, 0.1) is 5.69 Å². The molecule has 0 aliphatic rings. The molecule has 0 atom stereocenters. The molecule has 0 fully saturated rings. The first kappa shape index (κ1) is 17.9. The SMILES string of the molecule is O=C(c1cccc(Cl)c1)n1nc(-c2cccnc2)cc1NCc1ccccc1. The Balaban J connectivity index is 1.70. The summed E-state index contributed by atoms with van der Waals surface area (Å²) in [6.45, 7) is 0.571. The van der Waals surface area contributed by atoms with E-state index in [1.54, 1.807) is 36.7 Å². The van der Waals surface area contributed by atoms with E-state index >= 15 is 0 Å². The number of carbonyl (C=O) groups excluding carboxylic acids is 1. The lowest BCUT2D eigenvalue weighted by Gasteiger charge is -2.09. The predicted molar refractivity (Wildman–Crippen MR) is 110 cm³/mol. The minimum Gasteiger partial charge on any atom is -0.366 e. The van der Waals surface area contributed by atoms with Crippen LogP contribution in [0.3, 0.4) is 0 Å². The highest BCUT2D eigenvalue weighted by Gasteiger charge is 2.17. The normalized spacial score (nSPS) is 10.6. The molecule has 0 saturated heterocycles. The summed E-state index contributed by atoms with van der Waals surface area (Å²) in [5, 5.41) is 8.34. The van der Waals surface area contributed by atoms with Gasteiger partial charge in [-0.05, 0) is 35.9 Å². The monoisotopic (exact) mass is 388 g/mol. The van der Waals surface area contributed by atoms with Crippen molar-refractivity contribution >= 4 is 23.3 Å². The second-order valence-electron chi connectivity index (χ2n) is 6.22. The van der Waals surface area contributed by atoms with Gasteiger partial charge in [0.15, 0.2) is 0 Å². The van der Waals surface area contributed by atoms with E-state index in [-0.39, 0.29) is 5.91 Å². The first-order valence-corrected chi connectivity index (χ1v) is 9.17. The number of halogens is 1. The molecule has 2 heterocycles. The molecule has 4 aromatic rings. The van der Waals surface area contributed by atoms with Gasteiger partial charge in [-0.2, -0.15) is 9.78 Å². The van der Waals surface area contributed by atoms with Gasteiger partial charge in [-0.3, -0.25) is 9.78 Å². The third kappa shape index (κ3) is 3.94.